The molecule has 1 saturated heterocycles. The van der Waals surface area contributed by atoms with Crippen LogP contribution >= 0.6 is 0 Å². The van der Waals surface area contributed by atoms with Gasteiger partial charge in [-0.1, -0.05) is 24.6 Å². The van der Waals surface area contributed by atoms with Crippen molar-refractivity contribution in [2.75, 3.05) is 0 Å². The van der Waals surface area contributed by atoms with E-state index in [2.05, 4.69) is 47.3 Å². The van der Waals surface area contributed by atoms with Crippen molar-refractivity contribution in [1.82, 2.24) is 0 Å². The first kappa shape index (κ1) is 14.5. The van der Waals surface area contributed by atoms with Gasteiger partial charge in [-0.3, -0.25) is 0 Å². The molecule has 0 aromatic carbocycles. The molecule has 1 aliphatic rings. The van der Waals surface area contributed by atoms with Crippen LogP contribution < -0.4 is 0 Å². The summed E-state index contributed by atoms with van der Waals surface area (Å²) < 4.78 is 6.36. The quantitative estimate of drug-likeness (QED) is 0.632. The number of hydrogen-bond acceptors (Lipinski definition) is 1. The highest BCUT2D eigenvalue weighted by atomic mass is 16.5. The standard InChI is InChI=1S/C16H28O/c1-7-15(5)12-10-14(4)16(6,17-15)11-8-9-13(2)3/h7,9,14H,1,8,10-12H2,2-6H3. The molecule has 0 aliphatic carbocycles. The largest absolute Gasteiger partial charge is 0.365 e. The van der Waals surface area contributed by atoms with Crippen molar-refractivity contribution in [3.8, 4) is 0 Å². The molecule has 0 N–H and O–H groups in total. The predicted octanol–water partition coefficient (Wildman–Crippen LogP) is 4.88. The van der Waals surface area contributed by atoms with E-state index in [0.29, 0.717) is 5.92 Å². The van der Waals surface area contributed by atoms with E-state index in [0.717, 1.165) is 19.3 Å². The molecule has 1 fully saturated rings. The molecule has 0 radical (unpaired) electrons. The van der Waals surface area contributed by atoms with Gasteiger partial charge in [-0.15, -0.1) is 6.58 Å². The van der Waals surface area contributed by atoms with Crippen LogP contribution in [0.5, 0.6) is 0 Å². The van der Waals surface area contributed by atoms with E-state index >= 15 is 0 Å². The third-order valence-corrected chi connectivity index (χ3v) is 4.21. The fraction of sp³-hybridized carbons (Fsp3) is 0.750. The van der Waals surface area contributed by atoms with Gasteiger partial charge in [0.15, 0.2) is 0 Å². The summed E-state index contributed by atoms with van der Waals surface area (Å²) in [5.74, 6) is 0.626. The zero-order valence-electron chi connectivity index (χ0n) is 12.2. The molecule has 98 valence electrons. The Labute approximate surface area is 107 Å². The molecule has 0 spiro atoms. The Morgan fingerprint density at radius 3 is 2.59 bits per heavy atom. The minimum Gasteiger partial charge on any atom is -0.365 e. The Morgan fingerprint density at radius 1 is 1.41 bits per heavy atom. The summed E-state index contributed by atoms with van der Waals surface area (Å²) in [5.41, 5.74) is 1.25. The maximum Gasteiger partial charge on any atom is 0.0839 e. The van der Waals surface area contributed by atoms with Crippen molar-refractivity contribution >= 4 is 0 Å². The second-order valence-corrected chi connectivity index (χ2v) is 6.19. The second kappa shape index (κ2) is 5.39. The van der Waals surface area contributed by atoms with Gasteiger partial charge in [0.2, 0.25) is 0 Å². The lowest BCUT2D eigenvalue weighted by Crippen LogP contribution is -2.49. The molecular weight excluding hydrogens is 208 g/mol. The highest BCUT2D eigenvalue weighted by molar-refractivity contribution is 5.03. The molecule has 0 amide bonds. The molecule has 1 heteroatoms. The van der Waals surface area contributed by atoms with Gasteiger partial charge in [-0.25, -0.2) is 0 Å². The Morgan fingerprint density at radius 2 is 2.06 bits per heavy atom. The van der Waals surface area contributed by atoms with Gasteiger partial charge < -0.3 is 4.74 Å². The fourth-order valence-electron chi connectivity index (χ4n) is 2.58. The normalized spacial score (nSPS) is 37.6. The molecule has 1 aliphatic heterocycles. The first-order chi connectivity index (χ1) is 7.81. The Balaban J connectivity index is 2.70. The first-order valence-corrected chi connectivity index (χ1v) is 6.78. The molecule has 0 aromatic heterocycles. The molecule has 3 unspecified atom stereocenters. The summed E-state index contributed by atoms with van der Waals surface area (Å²) in [6, 6.07) is 0. The van der Waals surface area contributed by atoms with Crippen molar-refractivity contribution in [3.63, 3.8) is 0 Å². The summed E-state index contributed by atoms with van der Waals surface area (Å²) in [4.78, 5) is 0. The smallest absolute Gasteiger partial charge is 0.0839 e. The van der Waals surface area contributed by atoms with Gasteiger partial charge >= 0.3 is 0 Å². The fourth-order valence-corrected chi connectivity index (χ4v) is 2.58. The van der Waals surface area contributed by atoms with E-state index < -0.39 is 0 Å². The van der Waals surface area contributed by atoms with Gasteiger partial charge in [-0.2, -0.15) is 0 Å². The average Bonchev–Trinajstić information content (AvgIpc) is 2.24. The van der Waals surface area contributed by atoms with E-state index in [1.54, 1.807) is 0 Å². The van der Waals surface area contributed by atoms with E-state index in [9.17, 15) is 0 Å². The highest BCUT2D eigenvalue weighted by Gasteiger charge is 2.42. The summed E-state index contributed by atoms with van der Waals surface area (Å²) >= 11 is 0. The number of allylic oxidation sites excluding steroid dienone is 2. The summed E-state index contributed by atoms with van der Waals surface area (Å²) in [6.45, 7) is 15.0. The second-order valence-electron chi connectivity index (χ2n) is 6.19. The van der Waals surface area contributed by atoms with Crippen molar-refractivity contribution in [2.24, 2.45) is 5.92 Å². The molecule has 1 nitrogen and oxygen atoms in total. The van der Waals surface area contributed by atoms with Gasteiger partial charge in [0.05, 0.1) is 11.2 Å². The van der Waals surface area contributed by atoms with Crippen LogP contribution in [-0.2, 0) is 4.74 Å². The predicted molar refractivity (Wildman–Crippen MR) is 75.2 cm³/mol. The van der Waals surface area contributed by atoms with Crippen molar-refractivity contribution in [2.45, 2.75) is 71.5 Å². The molecule has 17 heavy (non-hydrogen) atoms. The van der Waals surface area contributed by atoms with Crippen molar-refractivity contribution in [1.29, 1.82) is 0 Å². The van der Waals surface area contributed by atoms with Crippen LogP contribution in [0.3, 0.4) is 0 Å². The number of hydrogen-bond donors (Lipinski definition) is 0. The Bertz CT molecular complexity index is 301. The molecule has 0 aromatic rings. The highest BCUT2D eigenvalue weighted by Crippen LogP contribution is 2.42. The number of rotatable bonds is 4. The topological polar surface area (TPSA) is 9.23 Å². The minimum absolute atomic E-state index is 0.00681. The van der Waals surface area contributed by atoms with Crippen LogP contribution in [-0.4, -0.2) is 11.2 Å². The SMILES string of the molecule is C=CC1(C)CCC(C)C(C)(CCC=C(C)C)O1. The average molecular weight is 236 g/mol. The summed E-state index contributed by atoms with van der Waals surface area (Å²) in [7, 11) is 0. The van der Waals surface area contributed by atoms with Crippen LogP contribution in [0.4, 0.5) is 0 Å². The van der Waals surface area contributed by atoms with E-state index in [1.165, 1.54) is 12.0 Å². The summed E-state index contributed by atoms with van der Waals surface area (Å²) in [6.07, 6.45) is 8.81. The zero-order valence-corrected chi connectivity index (χ0v) is 12.2. The van der Waals surface area contributed by atoms with Gasteiger partial charge in [0.25, 0.3) is 0 Å². The van der Waals surface area contributed by atoms with E-state index in [4.69, 9.17) is 4.74 Å². The first-order valence-electron chi connectivity index (χ1n) is 6.78. The molecular formula is C16H28O. The Hall–Kier alpha value is -0.560. The molecule has 0 saturated carbocycles. The minimum atomic E-state index is -0.133. The van der Waals surface area contributed by atoms with Gasteiger partial charge in [-0.05, 0) is 59.3 Å². The maximum absolute atomic E-state index is 6.36. The molecule has 1 heterocycles. The van der Waals surface area contributed by atoms with Crippen molar-refractivity contribution < 1.29 is 4.74 Å². The van der Waals surface area contributed by atoms with Gasteiger partial charge in [0, 0.05) is 0 Å². The zero-order chi connectivity index (χ0) is 13.1. The van der Waals surface area contributed by atoms with Crippen LogP contribution in [0, 0.1) is 5.92 Å². The van der Waals surface area contributed by atoms with Crippen LogP contribution in [0.2, 0.25) is 0 Å². The maximum atomic E-state index is 6.36. The Kier molecular flexibility index (Phi) is 4.60. The van der Waals surface area contributed by atoms with E-state index in [-0.39, 0.29) is 11.2 Å². The summed E-state index contributed by atoms with van der Waals surface area (Å²) in [5, 5.41) is 0. The third kappa shape index (κ3) is 3.70. The van der Waals surface area contributed by atoms with Crippen molar-refractivity contribution in [3.05, 3.63) is 24.3 Å². The lowest BCUT2D eigenvalue weighted by atomic mass is 9.77. The van der Waals surface area contributed by atoms with Gasteiger partial charge in [0.1, 0.15) is 0 Å². The van der Waals surface area contributed by atoms with E-state index in [1.807, 2.05) is 6.08 Å². The molecule has 3 atom stereocenters. The lowest BCUT2D eigenvalue weighted by Gasteiger charge is -2.48. The molecule has 0 bridgehead atoms. The molecule has 1 rings (SSSR count). The number of ether oxygens (including phenoxy) is 1. The van der Waals surface area contributed by atoms with Crippen LogP contribution in [0.15, 0.2) is 24.3 Å². The van der Waals surface area contributed by atoms with Crippen LogP contribution in [0.25, 0.3) is 0 Å². The lowest BCUT2D eigenvalue weighted by molar-refractivity contribution is -0.180. The third-order valence-electron chi connectivity index (χ3n) is 4.21. The monoisotopic (exact) mass is 236 g/mol. The van der Waals surface area contributed by atoms with Crippen LogP contribution in [0.1, 0.15) is 60.3 Å².